The van der Waals surface area contributed by atoms with Crippen LogP contribution < -0.4 is 10.6 Å². The standard InChI is InChI=1S/C22H30ClN5/c1-2-24-22(25-12-11-19-9-10-21(23)26-15-19)27-16-18-5-7-20(8-6-18)17-28-13-3-4-14-28/h5-10,15H,2-4,11-14,16-17H2,1H3,(H2,24,25,27). The zero-order chi connectivity index (χ0) is 19.6. The van der Waals surface area contributed by atoms with Crippen LogP contribution >= 0.6 is 11.6 Å². The number of aromatic nitrogens is 1. The zero-order valence-electron chi connectivity index (χ0n) is 16.6. The maximum atomic E-state index is 5.83. The number of halogens is 1. The van der Waals surface area contributed by atoms with Gasteiger partial charge in [0.25, 0.3) is 0 Å². The Morgan fingerprint density at radius 2 is 1.75 bits per heavy atom. The van der Waals surface area contributed by atoms with E-state index in [4.69, 9.17) is 16.6 Å². The molecule has 2 N–H and O–H groups in total. The molecule has 0 spiro atoms. The fourth-order valence-electron chi connectivity index (χ4n) is 3.34. The Bertz CT molecular complexity index is 737. The average molecular weight is 400 g/mol. The molecule has 0 radical (unpaired) electrons. The third-order valence-electron chi connectivity index (χ3n) is 4.89. The third-order valence-corrected chi connectivity index (χ3v) is 5.11. The summed E-state index contributed by atoms with van der Waals surface area (Å²) in [5, 5.41) is 7.21. The predicted molar refractivity (Wildman–Crippen MR) is 117 cm³/mol. The third kappa shape index (κ3) is 6.80. The normalized spacial score (nSPS) is 15.0. The second kappa shape index (κ2) is 11.0. The summed E-state index contributed by atoms with van der Waals surface area (Å²) in [7, 11) is 0. The molecule has 0 saturated carbocycles. The summed E-state index contributed by atoms with van der Waals surface area (Å²) in [6.07, 6.45) is 5.36. The molecule has 1 aromatic carbocycles. The summed E-state index contributed by atoms with van der Waals surface area (Å²) in [5.74, 6) is 0.838. The van der Waals surface area contributed by atoms with Gasteiger partial charge in [-0.25, -0.2) is 9.98 Å². The summed E-state index contributed by atoms with van der Waals surface area (Å²) in [6.45, 7) is 7.90. The number of nitrogens with one attached hydrogen (secondary N) is 2. The largest absolute Gasteiger partial charge is 0.357 e. The van der Waals surface area contributed by atoms with Gasteiger partial charge >= 0.3 is 0 Å². The minimum absolute atomic E-state index is 0.526. The van der Waals surface area contributed by atoms with Gasteiger partial charge in [-0.2, -0.15) is 0 Å². The highest BCUT2D eigenvalue weighted by atomic mass is 35.5. The molecule has 1 aromatic heterocycles. The van der Waals surface area contributed by atoms with Crippen LogP contribution in [-0.2, 0) is 19.5 Å². The summed E-state index contributed by atoms with van der Waals surface area (Å²) >= 11 is 5.83. The highest BCUT2D eigenvalue weighted by molar-refractivity contribution is 6.29. The number of nitrogens with zero attached hydrogens (tertiary/aromatic N) is 3. The van der Waals surface area contributed by atoms with Gasteiger partial charge in [0, 0.05) is 25.8 Å². The number of likely N-dealkylation sites (tertiary alicyclic amines) is 1. The molecule has 2 aromatic rings. The van der Waals surface area contributed by atoms with E-state index >= 15 is 0 Å². The lowest BCUT2D eigenvalue weighted by Crippen LogP contribution is -2.38. The van der Waals surface area contributed by atoms with E-state index < -0.39 is 0 Å². The van der Waals surface area contributed by atoms with E-state index in [-0.39, 0.29) is 0 Å². The summed E-state index contributed by atoms with van der Waals surface area (Å²) in [6, 6.07) is 12.7. The lowest BCUT2D eigenvalue weighted by molar-refractivity contribution is 0.331. The molecule has 3 rings (SSSR count). The van der Waals surface area contributed by atoms with Crippen LogP contribution in [0.25, 0.3) is 0 Å². The first-order chi connectivity index (χ1) is 13.7. The molecule has 150 valence electrons. The molecule has 0 atom stereocenters. The van der Waals surface area contributed by atoms with Gasteiger partial charge in [-0.05, 0) is 62.0 Å². The van der Waals surface area contributed by atoms with Crippen LogP contribution in [0.3, 0.4) is 0 Å². The second-order valence-electron chi connectivity index (χ2n) is 7.16. The van der Waals surface area contributed by atoms with Gasteiger partial charge in [-0.3, -0.25) is 4.90 Å². The van der Waals surface area contributed by atoms with Gasteiger partial charge in [0.1, 0.15) is 5.15 Å². The Morgan fingerprint density at radius 3 is 2.43 bits per heavy atom. The van der Waals surface area contributed by atoms with E-state index in [0.717, 1.165) is 37.6 Å². The molecule has 0 unspecified atom stereocenters. The fraction of sp³-hybridized carbons (Fsp3) is 0.455. The van der Waals surface area contributed by atoms with E-state index in [1.165, 1.54) is 37.1 Å². The zero-order valence-corrected chi connectivity index (χ0v) is 17.4. The molecule has 5 nitrogen and oxygen atoms in total. The molecule has 0 amide bonds. The SMILES string of the molecule is CCNC(=NCc1ccc(CN2CCCC2)cc1)NCCc1ccc(Cl)nc1. The van der Waals surface area contributed by atoms with Crippen molar-refractivity contribution in [1.82, 2.24) is 20.5 Å². The maximum Gasteiger partial charge on any atom is 0.191 e. The molecule has 0 aliphatic carbocycles. The summed E-state index contributed by atoms with van der Waals surface area (Å²) < 4.78 is 0. The van der Waals surface area contributed by atoms with Crippen LogP contribution in [-0.4, -0.2) is 42.0 Å². The van der Waals surface area contributed by atoms with Crippen LogP contribution in [0.4, 0.5) is 0 Å². The van der Waals surface area contributed by atoms with E-state index in [0.29, 0.717) is 11.7 Å². The summed E-state index contributed by atoms with van der Waals surface area (Å²) in [4.78, 5) is 11.4. The van der Waals surface area contributed by atoms with Gasteiger partial charge in [0.2, 0.25) is 0 Å². The minimum Gasteiger partial charge on any atom is -0.357 e. The van der Waals surface area contributed by atoms with E-state index in [1.807, 2.05) is 18.3 Å². The number of benzene rings is 1. The Kier molecular flexibility index (Phi) is 8.12. The van der Waals surface area contributed by atoms with Crippen LogP contribution in [0, 0.1) is 0 Å². The van der Waals surface area contributed by atoms with Gasteiger partial charge in [0.15, 0.2) is 5.96 Å². The van der Waals surface area contributed by atoms with Crippen molar-refractivity contribution in [2.75, 3.05) is 26.2 Å². The Morgan fingerprint density at radius 1 is 1.04 bits per heavy atom. The molecule has 0 bridgehead atoms. The minimum atomic E-state index is 0.526. The monoisotopic (exact) mass is 399 g/mol. The highest BCUT2D eigenvalue weighted by Gasteiger charge is 2.11. The smallest absolute Gasteiger partial charge is 0.191 e. The Labute approximate surface area is 173 Å². The molecular weight excluding hydrogens is 370 g/mol. The van der Waals surface area contributed by atoms with Crippen LogP contribution in [0.15, 0.2) is 47.6 Å². The van der Waals surface area contributed by atoms with Crippen molar-refractivity contribution in [2.45, 2.75) is 39.3 Å². The van der Waals surface area contributed by atoms with Crippen molar-refractivity contribution in [3.8, 4) is 0 Å². The van der Waals surface area contributed by atoms with Crippen molar-refractivity contribution in [1.29, 1.82) is 0 Å². The lowest BCUT2D eigenvalue weighted by atomic mass is 10.1. The van der Waals surface area contributed by atoms with Crippen molar-refractivity contribution in [3.63, 3.8) is 0 Å². The van der Waals surface area contributed by atoms with Gasteiger partial charge in [0.05, 0.1) is 6.54 Å². The first-order valence-corrected chi connectivity index (χ1v) is 10.5. The van der Waals surface area contributed by atoms with E-state index in [2.05, 4.69) is 51.7 Å². The first-order valence-electron chi connectivity index (χ1n) is 10.2. The Balaban J connectivity index is 1.48. The molecule has 1 saturated heterocycles. The van der Waals surface area contributed by atoms with Crippen molar-refractivity contribution >= 4 is 17.6 Å². The number of guanidine groups is 1. The van der Waals surface area contributed by atoms with Crippen molar-refractivity contribution in [2.24, 2.45) is 4.99 Å². The molecule has 1 aliphatic rings. The van der Waals surface area contributed by atoms with Gasteiger partial charge in [-0.15, -0.1) is 0 Å². The highest BCUT2D eigenvalue weighted by Crippen LogP contribution is 2.13. The van der Waals surface area contributed by atoms with E-state index in [9.17, 15) is 0 Å². The molecule has 28 heavy (non-hydrogen) atoms. The summed E-state index contributed by atoms with van der Waals surface area (Å²) in [5.41, 5.74) is 3.77. The van der Waals surface area contributed by atoms with Crippen LogP contribution in [0.2, 0.25) is 5.15 Å². The molecule has 1 fully saturated rings. The Hall–Kier alpha value is -2.11. The number of hydrogen-bond donors (Lipinski definition) is 2. The number of hydrogen-bond acceptors (Lipinski definition) is 3. The van der Waals surface area contributed by atoms with Crippen LogP contribution in [0.1, 0.15) is 36.5 Å². The van der Waals surface area contributed by atoms with Crippen molar-refractivity contribution < 1.29 is 0 Å². The fourth-order valence-corrected chi connectivity index (χ4v) is 3.45. The van der Waals surface area contributed by atoms with Crippen LogP contribution in [0.5, 0.6) is 0 Å². The van der Waals surface area contributed by atoms with E-state index in [1.54, 1.807) is 0 Å². The van der Waals surface area contributed by atoms with Crippen molar-refractivity contribution in [3.05, 3.63) is 64.4 Å². The predicted octanol–water partition coefficient (Wildman–Crippen LogP) is 3.63. The topological polar surface area (TPSA) is 52.6 Å². The second-order valence-corrected chi connectivity index (χ2v) is 7.55. The first kappa shape index (κ1) is 20.6. The maximum absolute atomic E-state index is 5.83. The lowest BCUT2D eigenvalue weighted by Gasteiger charge is -2.14. The number of rotatable bonds is 8. The van der Waals surface area contributed by atoms with Gasteiger partial charge in [-0.1, -0.05) is 41.9 Å². The molecule has 6 heteroatoms. The molecule has 1 aliphatic heterocycles. The number of pyridine rings is 1. The van der Waals surface area contributed by atoms with Gasteiger partial charge < -0.3 is 10.6 Å². The quantitative estimate of drug-likeness (QED) is 0.404. The molecule has 2 heterocycles. The molecular formula is C22H30ClN5. The number of aliphatic imine (C=N–C) groups is 1. The average Bonchev–Trinajstić information content (AvgIpc) is 3.22.